The van der Waals surface area contributed by atoms with Gasteiger partial charge in [0.25, 0.3) is 0 Å². The molecular weight excluding hydrogens is 206 g/mol. The van der Waals surface area contributed by atoms with Gasteiger partial charge in [-0.3, -0.25) is 4.79 Å². The number of carbonyl (C=O) groups is 1. The number of hydrogen-bond acceptors (Lipinski definition) is 3. The van der Waals surface area contributed by atoms with Crippen LogP contribution in [0, 0.1) is 0 Å². The van der Waals surface area contributed by atoms with Crippen LogP contribution in [-0.4, -0.2) is 26.5 Å². The quantitative estimate of drug-likeness (QED) is 0.477. The first-order chi connectivity index (χ1) is 7.63. The maximum atomic E-state index is 11.2. The van der Waals surface area contributed by atoms with Crippen LogP contribution in [0.4, 0.5) is 11.4 Å². The molecule has 0 bridgehead atoms. The molecule has 1 N–H and O–H groups in total. The smallest absolute Gasteiger partial charge is 0.230 e. The molecule has 0 aliphatic carbocycles. The van der Waals surface area contributed by atoms with Crippen LogP contribution in [0.15, 0.2) is 29.4 Å². The lowest BCUT2D eigenvalue weighted by atomic mass is 10.2. The van der Waals surface area contributed by atoms with Gasteiger partial charge in [-0.25, -0.2) is 0 Å². The van der Waals surface area contributed by atoms with Crippen LogP contribution in [0.1, 0.15) is 0 Å². The number of anilines is 2. The van der Waals surface area contributed by atoms with Gasteiger partial charge in [0.15, 0.2) is 0 Å². The first kappa shape index (κ1) is 11.9. The predicted octanol–water partition coefficient (Wildman–Crippen LogP) is 2.00. The molecule has 0 saturated carbocycles. The van der Waals surface area contributed by atoms with E-state index in [1.54, 1.807) is 12.1 Å². The highest BCUT2D eigenvalue weighted by Crippen LogP contribution is 2.15. The van der Waals surface area contributed by atoms with Gasteiger partial charge in [0, 0.05) is 30.4 Å². The molecule has 0 fully saturated rings. The van der Waals surface area contributed by atoms with Gasteiger partial charge in [-0.2, -0.15) is 0 Å². The minimum absolute atomic E-state index is 0.189. The van der Waals surface area contributed by atoms with Crippen LogP contribution in [0.2, 0.25) is 0 Å². The highest BCUT2D eigenvalue weighted by molar-refractivity contribution is 5.92. The third-order valence-corrected chi connectivity index (χ3v) is 1.95. The van der Waals surface area contributed by atoms with Crippen molar-refractivity contribution in [3.05, 3.63) is 34.7 Å². The molecule has 0 aromatic heterocycles. The fourth-order valence-electron chi connectivity index (χ4n) is 1.14. The van der Waals surface area contributed by atoms with Crippen LogP contribution < -0.4 is 10.2 Å². The third-order valence-electron chi connectivity index (χ3n) is 1.95. The Bertz CT molecular complexity index is 406. The first-order valence-corrected chi connectivity index (χ1v) is 4.71. The lowest BCUT2D eigenvalue weighted by molar-refractivity contribution is -0.114. The number of amides is 1. The second kappa shape index (κ2) is 5.63. The van der Waals surface area contributed by atoms with Crippen molar-refractivity contribution in [1.29, 1.82) is 0 Å². The van der Waals surface area contributed by atoms with Crippen molar-refractivity contribution in [3.63, 3.8) is 0 Å². The molecule has 0 spiro atoms. The highest BCUT2D eigenvalue weighted by atomic mass is 16.1. The van der Waals surface area contributed by atoms with Gasteiger partial charge < -0.3 is 10.2 Å². The largest absolute Gasteiger partial charge is 0.378 e. The Morgan fingerprint density at radius 2 is 2.06 bits per heavy atom. The summed E-state index contributed by atoms with van der Waals surface area (Å²) in [6, 6.07) is 7.37. The van der Waals surface area contributed by atoms with Crippen LogP contribution >= 0.6 is 0 Å². The van der Waals surface area contributed by atoms with E-state index < -0.39 is 0 Å². The molecule has 16 heavy (non-hydrogen) atoms. The minimum Gasteiger partial charge on any atom is -0.378 e. The molecule has 0 radical (unpaired) electrons. The van der Waals surface area contributed by atoms with Crippen molar-refractivity contribution >= 4 is 17.3 Å². The van der Waals surface area contributed by atoms with E-state index in [2.05, 4.69) is 15.3 Å². The number of nitrogens with one attached hydrogen (secondary N) is 1. The van der Waals surface area contributed by atoms with Crippen molar-refractivity contribution in [2.24, 2.45) is 5.11 Å². The minimum atomic E-state index is -0.324. The molecule has 1 aromatic carbocycles. The normalized spacial score (nSPS) is 9.12. The lowest BCUT2D eigenvalue weighted by Crippen LogP contribution is -2.14. The zero-order chi connectivity index (χ0) is 12.0. The summed E-state index contributed by atoms with van der Waals surface area (Å²) in [7, 11) is 3.88. The monoisotopic (exact) mass is 219 g/mol. The van der Waals surface area contributed by atoms with E-state index in [1.807, 2.05) is 31.1 Å². The van der Waals surface area contributed by atoms with E-state index in [-0.39, 0.29) is 12.5 Å². The second-order valence-electron chi connectivity index (χ2n) is 3.38. The van der Waals surface area contributed by atoms with Gasteiger partial charge in [0.2, 0.25) is 5.91 Å². The molecule has 1 aromatic rings. The number of benzene rings is 1. The number of rotatable bonds is 4. The van der Waals surface area contributed by atoms with Crippen molar-refractivity contribution < 1.29 is 4.79 Å². The number of azide groups is 1. The summed E-state index contributed by atoms with van der Waals surface area (Å²) in [5.74, 6) is -0.324. The van der Waals surface area contributed by atoms with Crippen molar-refractivity contribution in [3.8, 4) is 0 Å². The SMILES string of the molecule is CN(C)c1ccc(NC(=O)CN=[N+]=[N-])cc1. The van der Waals surface area contributed by atoms with Crippen LogP contribution in [-0.2, 0) is 4.79 Å². The topological polar surface area (TPSA) is 81.1 Å². The molecule has 6 heteroatoms. The summed E-state index contributed by atoms with van der Waals surface area (Å²) >= 11 is 0. The summed E-state index contributed by atoms with van der Waals surface area (Å²) < 4.78 is 0. The van der Waals surface area contributed by atoms with Gasteiger partial charge in [0.05, 0.1) is 0 Å². The molecule has 84 valence electrons. The number of hydrogen-bond donors (Lipinski definition) is 1. The molecule has 0 saturated heterocycles. The van der Waals surface area contributed by atoms with E-state index in [1.165, 1.54) is 0 Å². The van der Waals surface area contributed by atoms with Gasteiger partial charge >= 0.3 is 0 Å². The van der Waals surface area contributed by atoms with Gasteiger partial charge in [-0.05, 0) is 29.8 Å². The Kier molecular flexibility index (Phi) is 4.17. The average molecular weight is 219 g/mol. The summed E-state index contributed by atoms with van der Waals surface area (Å²) in [6.45, 7) is -0.189. The molecule has 0 unspecified atom stereocenters. The number of nitrogens with zero attached hydrogens (tertiary/aromatic N) is 4. The van der Waals surface area contributed by atoms with E-state index in [9.17, 15) is 4.79 Å². The van der Waals surface area contributed by atoms with E-state index in [4.69, 9.17) is 5.53 Å². The zero-order valence-corrected chi connectivity index (χ0v) is 9.21. The second-order valence-corrected chi connectivity index (χ2v) is 3.38. The Hall–Kier alpha value is -2.20. The lowest BCUT2D eigenvalue weighted by Gasteiger charge is -2.12. The standard InChI is InChI=1S/C10H13N5O/c1-15(2)9-5-3-8(4-6-9)13-10(16)7-12-14-11/h3-6H,7H2,1-2H3,(H,13,16). The maximum absolute atomic E-state index is 11.2. The van der Waals surface area contributed by atoms with Crippen molar-refractivity contribution in [2.75, 3.05) is 30.9 Å². The first-order valence-electron chi connectivity index (χ1n) is 4.71. The molecule has 6 nitrogen and oxygen atoms in total. The summed E-state index contributed by atoms with van der Waals surface area (Å²) in [6.07, 6.45) is 0. The average Bonchev–Trinajstić information content (AvgIpc) is 2.27. The molecule has 0 aliphatic heterocycles. The van der Waals surface area contributed by atoms with E-state index >= 15 is 0 Å². The fourth-order valence-corrected chi connectivity index (χ4v) is 1.14. The highest BCUT2D eigenvalue weighted by Gasteiger charge is 2.00. The molecule has 0 atom stereocenters. The van der Waals surface area contributed by atoms with Crippen molar-refractivity contribution in [1.82, 2.24) is 0 Å². The Balaban J connectivity index is 2.61. The number of carbonyl (C=O) groups excluding carboxylic acids is 1. The molecule has 0 aliphatic rings. The molecule has 1 rings (SSSR count). The Morgan fingerprint density at radius 3 is 2.56 bits per heavy atom. The zero-order valence-electron chi connectivity index (χ0n) is 9.21. The van der Waals surface area contributed by atoms with Crippen LogP contribution in [0.3, 0.4) is 0 Å². The van der Waals surface area contributed by atoms with Crippen LogP contribution in [0.5, 0.6) is 0 Å². The summed E-state index contributed by atoms with van der Waals surface area (Å²) in [4.78, 5) is 15.7. The predicted molar refractivity (Wildman–Crippen MR) is 63.4 cm³/mol. The van der Waals surface area contributed by atoms with Crippen molar-refractivity contribution in [2.45, 2.75) is 0 Å². The van der Waals surface area contributed by atoms with Gasteiger partial charge in [0.1, 0.15) is 6.54 Å². The molecular formula is C10H13N5O. The molecule has 1 amide bonds. The van der Waals surface area contributed by atoms with Gasteiger partial charge in [-0.15, -0.1) is 0 Å². The third kappa shape index (κ3) is 3.51. The Labute approximate surface area is 93.5 Å². The summed E-state index contributed by atoms with van der Waals surface area (Å²) in [5, 5.41) is 5.79. The fraction of sp³-hybridized carbons (Fsp3) is 0.300. The van der Waals surface area contributed by atoms with E-state index in [0.717, 1.165) is 5.69 Å². The maximum Gasteiger partial charge on any atom is 0.230 e. The van der Waals surface area contributed by atoms with Gasteiger partial charge in [-0.1, -0.05) is 5.11 Å². The van der Waals surface area contributed by atoms with E-state index in [0.29, 0.717) is 5.69 Å². The summed E-state index contributed by atoms with van der Waals surface area (Å²) in [5.41, 5.74) is 9.78. The van der Waals surface area contributed by atoms with Crippen LogP contribution in [0.25, 0.3) is 10.4 Å². The molecule has 0 heterocycles. The Morgan fingerprint density at radius 1 is 1.44 bits per heavy atom.